The highest BCUT2D eigenvalue weighted by Crippen LogP contribution is 2.30. The van der Waals surface area contributed by atoms with Crippen LogP contribution in [0.3, 0.4) is 0 Å². The van der Waals surface area contributed by atoms with Gasteiger partial charge in [0.2, 0.25) is 5.88 Å². The van der Waals surface area contributed by atoms with Crippen molar-refractivity contribution in [1.82, 2.24) is 14.5 Å². The van der Waals surface area contributed by atoms with Crippen LogP contribution in [0.2, 0.25) is 0 Å². The molecule has 0 amide bonds. The third-order valence-electron chi connectivity index (χ3n) is 2.81. The minimum Gasteiger partial charge on any atom is -0.493 e. The van der Waals surface area contributed by atoms with Crippen molar-refractivity contribution in [3.8, 4) is 5.88 Å². The second kappa shape index (κ2) is 3.69. The quantitative estimate of drug-likeness (QED) is 0.784. The number of aromatic amines is 1. The van der Waals surface area contributed by atoms with Gasteiger partial charge in [0.15, 0.2) is 0 Å². The highest BCUT2D eigenvalue weighted by atomic mass is 16.3. The van der Waals surface area contributed by atoms with E-state index >= 15 is 0 Å². The minimum atomic E-state index is -0.365. The Kier molecular flexibility index (Phi) is 2.16. The Morgan fingerprint density at radius 2 is 2.33 bits per heavy atom. The van der Waals surface area contributed by atoms with Crippen LogP contribution in [-0.4, -0.2) is 25.9 Å². The molecule has 0 bridgehead atoms. The first kappa shape index (κ1) is 10.5. The van der Waals surface area contributed by atoms with Crippen molar-refractivity contribution >= 4 is 23.6 Å². The predicted molar refractivity (Wildman–Crippen MR) is 68.0 cm³/mol. The molecule has 0 aromatic carbocycles. The largest absolute Gasteiger partial charge is 0.493 e. The van der Waals surface area contributed by atoms with Gasteiger partial charge in [0, 0.05) is 25.0 Å². The van der Waals surface area contributed by atoms with Gasteiger partial charge in [-0.25, -0.2) is 4.79 Å². The molecule has 0 radical (unpaired) electrons. The van der Waals surface area contributed by atoms with Crippen molar-refractivity contribution in [1.29, 1.82) is 0 Å². The first-order valence-electron chi connectivity index (χ1n) is 5.36. The average Bonchev–Trinajstić information content (AvgIpc) is 2.89. The van der Waals surface area contributed by atoms with Crippen molar-refractivity contribution in [3.05, 3.63) is 40.2 Å². The van der Waals surface area contributed by atoms with Gasteiger partial charge in [0.05, 0.1) is 11.4 Å². The number of aliphatic imine (C=N–C) groups is 1. The Bertz CT molecular complexity index is 737. The zero-order valence-electron chi connectivity index (χ0n) is 9.58. The number of imidazole rings is 1. The summed E-state index contributed by atoms with van der Waals surface area (Å²) in [5, 5.41) is 9.75. The van der Waals surface area contributed by atoms with E-state index in [2.05, 4.69) is 15.0 Å². The molecular formula is C12H10N4O2. The number of allylic oxidation sites excluding steroid dienone is 1. The summed E-state index contributed by atoms with van der Waals surface area (Å²) in [4.78, 5) is 22.3. The first-order chi connectivity index (χ1) is 8.66. The molecule has 2 aromatic rings. The summed E-state index contributed by atoms with van der Waals surface area (Å²) >= 11 is 0. The number of fused-ring (bicyclic) bond motifs is 1. The van der Waals surface area contributed by atoms with Crippen LogP contribution in [0.25, 0.3) is 11.6 Å². The summed E-state index contributed by atoms with van der Waals surface area (Å²) < 4.78 is 1.14. The number of nitrogens with one attached hydrogen (secondary N) is 1. The fourth-order valence-electron chi connectivity index (χ4n) is 1.82. The lowest BCUT2D eigenvalue weighted by Crippen LogP contribution is -2.11. The minimum absolute atomic E-state index is 0.106. The zero-order chi connectivity index (χ0) is 12.7. The topological polar surface area (TPSA) is 83.3 Å². The molecule has 0 aliphatic carbocycles. The van der Waals surface area contributed by atoms with E-state index in [0.29, 0.717) is 5.69 Å². The molecule has 2 N–H and O–H groups in total. The van der Waals surface area contributed by atoms with E-state index < -0.39 is 0 Å². The van der Waals surface area contributed by atoms with Crippen molar-refractivity contribution in [2.24, 2.45) is 12.0 Å². The summed E-state index contributed by atoms with van der Waals surface area (Å²) in [6.07, 6.45) is 4.98. The van der Waals surface area contributed by atoms with Crippen molar-refractivity contribution in [2.45, 2.75) is 0 Å². The van der Waals surface area contributed by atoms with Crippen molar-refractivity contribution in [2.75, 3.05) is 0 Å². The second-order valence-electron chi connectivity index (χ2n) is 3.96. The van der Waals surface area contributed by atoms with E-state index in [0.717, 1.165) is 21.5 Å². The van der Waals surface area contributed by atoms with Gasteiger partial charge in [-0.3, -0.25) is 14.5 Å². The Morgan fingerprint density at radius 3 is 3.06 bits per heavy atom. The molecule has 3 heterocycles. The van der Waals surface area contributed by atoms with Crippen LogP contribution >= 0.6 is 0 Å². The summed E-state index contributed by atoms with van der Waals surface area (Å²) in [5.74, 6) is -0.106. The number of hydrogen-bond donors (Lipinski definition) is 2. The van der Waals surface area contributed by atoms with Crippen LogP contribution < -0.4 is 5.69 Å². The molecule has 2 aromatic heterocycles. The molecule has 0 fully saturated rings. The SMILES string of the molecule is Cn1c(O)c(/C=C2\C=Nc3cccnc32)[nH]c1=O. The number of aromatic hydroxyl groups is 1. The molecule has 3 rings (SSSR count). The van der Waals surface area contributed by atoms with Gasteiger partial charge in [-0.2, -0.15) is 0 Å². The Balaban J connectivity index is 2.12. The molecule has 6 heteroatoms. The highest BCUT2D eigenvalue weighted by molar-refractivity contribution is 6.20. The smallest absolute Gasteiger partial charge is 0.328 e. The molecule has 6 nitrogen and oxygen atoms in total. The molecule has 18 heavy (non-hydrogen) atoms. The van der Waals surface area contributed by atoms with Crippen LogP contribution in [0.15, 0.2) is 28.1 Å². The molecule has 0 saturated heterocycles. The Hall–Kier alpha value is -2.63. The van der Waals surface area contributed by atoms with Crippen LogP contribution in [-0.2, 0) is 7.05 Å². The monoisotopic (exact) mass is 242 g/mol. The number of nitrogens with zero attached hydrogens (tertiary/aromatic N) is 3. The van der Waals surface area contributed by atoms with Crippen molar-refractivity contribution in [3.63, 3.8) is 0 Å². The standard InChI is InChI=1S/C12H10N4O2/c1-16-11(17)9(15-12(16)18)5-7-6-14-8-3-2-4-13-10(7)8/h2-6,17H,1H3,(H,15,18)/b7-5+. The van der Waals surface area contributed by atoms with Gasteiger partial charge in [-0.1, -0.05) is 0 Å². The fourth-order valence-corrected chi connectivity index (χ4v) is 1.82. The maximum atomic E-state index is 11.3. The van der Waals surface area contributed by atoms with Crippen LogP contribution in [0.5, 0.6) is 5.88 Å². The second-order valence-corrected chi connectivity index (χ2v) is 3.96. The number of hydrogen-bond acceptors (Lipinski definition) is 4. The Morgan fingerprint density at radius 1 is 1.50 bits per heavy atom. The molecular weight excluding hydrogens is 232 g/mol. The molecule has 1 aliphatic rings. The lowest BCUT2D eigenvalue weighted by Gasteiger charge is -1.97. The molecule has 0 saturated carbocycles. The summed E-state index contributed by atoms with van der Waals surface area (Å²) in [7, 11) is 1.49. The van der Waals surface area contributed by atoms with Crippen molar-refractivity contribution < 1.29 is 5.11 Å². The molecule has 90 valence electrons. The number of rotatable bonds is 1. The molecule has 1 aliphatic heterocycles. The summed E-state index contributed by atoms with van der Waals surface area (Å²) in [6, 6.07) is 3.66. The fraction of sp³-hybridized carbons (Fsp3) is 0.0833. The van der Waals surface area contributed by atoms with Crippen LogP contribution in [0.4, 0.5) is 5.69 Å². The highest BCUT2D eigenvalue weighted by Gasteiger charge is 2.15. The lowest BCUT2D eigenvalue weighted by atomic mass is 10.1. The van der Waals surface area contributed by atoms with Gasteiger partial charge in [0.1, 0.15) is 5.69 Å². The maximum Gasteiger partial charge on any atom is 0.328 e. The van der Waals surface area contributed by atoms with E-state index in [-0.39, 0.29) is 11.6 Å². The molecule has 0 unspecified atom stereocenters. The van der Waals surface area contributed by atoms with Gasteiger partial charge in [0.25, 0.3) is 0 Å². The maximum absolute atomic E-state index is 11.3. The van der Waals surface area contributed by atoms with E-state index in [1.807, 2.05) is 6.07 Å². The third-order valence-corrected chi connectivity index (χ3v) is 2.81. The van der Waals surface area contributed by atoms with E-state index in [4.69, 9.17) is 0 Å². The third kappa shape index (κ3) is 1.46. The summed E-state index contributed by atoms with van der Waals surface area (Å²) in [5.41, 5.74) is 2.25. The Labute approximate surface area is 102 Å². The van der Waals surface area contributed by atoms with Gasteiger partial charge >= 0.3 is 5.69 Å². The predicted octanol–water partition coefficient (Wildman–Crippen LogP) is 1.07. The van der Waals surface area contributed by atoms with Gasteiger partial charge in [-0.05, 0) is 18.2 Å². The number of aromatic nitrogens is 3. The molecule has 0 spiro atoms. The van der Waals surface area contributed by atoms with E-state index in [1.54, 1.807) is 24.6 Å². The summed E-state index contributed by atoms with van der Waals surface area (Å²) in [6.45, 7) is 0. The average molecular weight is 242 g/mol. The lowest BCUT2D eigenvalue weighted by molar-refractivity contribution is 0.428. The first-order valence-corrected chi connectivity index (χ1v) is 5.36. The number of pyridine rings is 1. The van der Waals surface area contributed by atoms with Crippen LogP contribution in [0, 0.1) is 0 Å². The van der Waals surface area contributed by atoms with Crippen LogP contribution in [0.1, 0.15) is 11.4 Å². The van der Waals surface area contributed by atoms with Gasteiger partial charge in [-0.15, -0.1) is 0 Å². The zero-order valence-corrected chi connectivity index (χ0v) is 9.58. The number of H-pyrrole nitrogens is 1. The van der Waals surface area contributed by atoms with E-state index in [9.17, 15) is 9.90 Å². The van der Waals surface area contributed by atoms with Gasteiger partial charge < -0.3 is 10.1 Å². The molecule has 0 atom stereocenters. The van der Waals surface area contributed by atoms with E-state index in [1.165, 1.54) is 7.05 Å². The normalized spacial score (nSPS) is 15.3.